The maximum atomic E-state index is 11.1. The molecule has 0 aliphatic carbocycles. The third kappa shape index (κ3) is 3.29. The predicted molar refractivity (Wildman–Crippen MR) is 56.3 cm³/mol. The molecule has 1 unspecified atom stereocenters. The van der Waals surface area contributed by atoms with Crippen LogP contribution >= 0.6 is 0 Å². The Balaban J connectivity index is 2.59. The molecule has 0 aromatic heterocycles. The molecule has 1 aliphatic heterocycles. The highest BCUT2D eigenvalue weighted by Gasteiger charge is 2.26. The maximum absolute atomic E-state index is 11.1. The van der Waals surface area contributed by atoms with Crippen LogP contribution in [0.4, 0.5) is 0 Å². The van der Waals surface area contributed by atoms with Gasteiger partial charge in [0.25, 0.3) is 0 Å². The number of nitrogens with zero attached hydrogens (tertiary/aromatic N) is 1. The number of carboxylic acids is 1. The van der Waals surface area contributed by atoms with Gasteiger partial charge in [-0.3, -0.25) is 9.69 Å². The molecule has 0 amide bonds. The van der Waals surface area contributed by atoms with E-state index in [2.05, 4.69) is 18.7 Å². The minimum Gasteiger partial charge on any atom is -0.480 e. The molecule has 0 saturated carbocycles. The lowest BCUT2D eigenvalue weighted by atomic mass is 10.1. The van der Waals surface area contributed by atoms with Crippen molar-refractivity contribution in [1.82, 2.24) is 4.90 Å². The van der Waals surface area contributed by atoms with Crippen molar-refractivity contribution in [2.75, 3.05) is 13.1 Å². The van der Waals surface area contributed by atoms with Gasteiger partial charge in [-0.05, 0) is 25.3 Å². The van der Waals surface area contributed by atoms with Gasteiger partial charge in [-0.25, -0.2) is 0 Å². The van der Waals surface area contributed by atoms with Gasteiger partial charge < -0.3 is 5.11 Å². The van der Waals surface area contributed by atoms with E-state index in [4.69, 9.17) is 5.11 Å². The van der Waals surface area contributed by atoms with Crippen LogP contribution in [0.5, 0.6) is 0 Å². The summed E-state index contributed by atoms with van der Waals surface area (Å²) in [4.78, 5) is 13.2. The molecule has 0 aromatic carbocycles. The molecule has 3 heteroatoms. The minimum absolute atomic E-state index is 0.236. The number of hydrogen-bond donors (Lipinski definition) is 1. The smallest absolute Gasteiger partial charge is 0.320 e. The van der Waals surface area contributed by atoms with Crippen LogP contribution in [0.3, 0.4) is 0 Å². The van der Waals surface area contributed by atoms with E-state index in [1.54, 1.807) is 0 Å². The van der Waals surface area contributed by atoms with Gasteiger partial charge in [0, 0.05) is 6.54 Å². The van der Waals surface area contributed by atoms with Crippen molar-refractivity contribution in [3.8, 4) is 0 Å². The molecule has 1 fully saturated rings. The van der Waals surface area contributed by atoms with Gasteiger partial charge in [-0.15, -0.1) is 0 Å². The highest BCUT2D eigenvalue weighted by molar-refractivity contribution is 5.73. The van der Waals surface area contributed by atoms with Crippen molar-refractivity contribution in [3.05, 3.63) is 0 Å². The minimum atomic E-state index is -0.646. The van der Waals surface area contributed by atoms with Gasteiger partial charge in [0.1, 0.15) is 6.04 Å². The monoisotopic (exact) mass is 199 g/mol. The molecule has 1 N–H and O–H groups in total. The molecule has 0 spiro atoms. The Morgan fingerprint density at radius 2 is 2.14 bits per heavy atom. The zero-order chi connectivity index (χ0) is 10.6. The summed E-state index contributed by atoms with van der Waals surface area (Å²) in [5.41, 5.74) is 0. The molecular formula is C11H21NO2. The molecule has 0 radical (unpaired) electrons. The number of carboxylic acid groups (broad SMARTS) is 1. The van der Waals surface area contributed by atoms with Crippen LogP contribution in [0.1, 0.15) is 39.5 Å². The molecule has 3 nitrogen and oxygen atoms in total. The van der Waals surface area contributed by atoms with Gasteiger partial charge in [-0.1, -0.05) is 26.7 Å². The van der Waals surface area contributed by atoms with Crippen LogP contribution in [0.2, 0.25) is 0 Å². The van der Waals surface area contributed by atoms with Gasteiger partial charge in [0.15, 0.2) is 0 Å². The first-order valence-electron chi connectivity index (χ1n) is 5.58. The molecular weight excluding hydrogens is 178 g/mol. The zero-order valence-electron chi connectivity index (χ0n) is 9.20. The van der Waals surface area contributed by atoms with E-state index in [0.29, 0.717) is 5.92 Å². The van der Waals surface area contributed by atoms with Crippen LogP contribution in [0, 0.1) is 5.92 Å². The quantitative estimate of drug-likeness (QED) is 0.755. The fourth-order valence-electron chi connectivity index (χ4n) is 2.13. The summed E-state index contributed by atoms with van der Waals surface area (Å²) in [6.07, 6.45) is 4.21. The number of rotatable bonds is 3. The average Bonchev–Trinajstić information content (AvgIpc) is 2.28. The van der Waals surface area contributed by atoms with Crippen molar-refractivity contribution in [1.29, 1.82) is 0 Å². The summed E-state index contributed by atoms with van der Waals surface area (Å²) in [5.74, 6) is -0.0949. The first-order chi connectivity index (χ1) is 6.61. The second-order valence-corrected chi connectivity index (χ2v) is 4.59. The molecule has 1 aliphatic rings. The summed E-state index contributed by atoms with van der Waals surface area (Å²) in [6, 6.07) is -0.236. The summed E-state index contributed by atoms with van der Waals surface area (Å²) in [5, 5.41) is 9.10. The van der Waals surface area contributed by atoms with Crippen LogP contribution in [-0.4, -0.2) is 35.1 Å². The van der Waals surface area contributed by atoms with E-state index < -0.39 is 5.97 Å². The molecule has 0 bridgehead atoms. The molecule has 1 saturated heterocycles. The Morgan fingerprint density at radius 1 is 1.43 bits per heavy atom. The van der Waals surface area contributed by atoms with Gasteiger partial charge in [-0.2, -0.15) is 0 Å². The SMILES string of the molecule is CC(C)CN1CCCCCC1C(=O)O. The Hall–Kier alpha value is -0.570. The van der Waals surface area contributed by atoms with E-state index in [1.807, 2.05) is 0 Å². The lowest BCUT2D eigenvalue weighted by Gasteiger charge is -2.28. The molecule has 1 atom stereocenters. The van der Waals surface area contributed by atoms with Crippen LogP contribution in [0.15, 0.2) is 0 Å². The molecule has 14 heavy (non-hydrogen) atoms. The Kier molecular flexibility index (Phi) is 4.39. The van der Waals surface area contributed by atoms with E-state index in [0.717, 1.165) is 32.4 Å². The molecule has 82 valence electrons. The average molecular weight is 199 g/mol. The normalized spacial score (nSPS) is 24.9. The summed E-state index contributed by atoms with van der Waals surface area (Å²) in [6.45, 7) is 6.15. The summed E-state index contributed by atoms with van der Waals surface area (Å²) in [7, 11) is 0. The fourth-order valence-corrected chi connectivity index (χ4v) is 2.13. The van der Waals surface area contributed by atoms with E-state index >= 15 is 0 Å². The van der Waals surface area contributed by atoms with Crippen molar-refractivity contribution in [3.63, 3.8) is 0 Å². The van der Waals surface area contributed by atoms with E-state index in [-0.39, 0.29) is 6.04 Å². The molecule has 1 rings (SSSR count). The summed E-state index contributed by atoms with van der Waals surface area (Å²) < 4.78 is 0. The second kappa shape index (κ2) is 5.35. The van der Waals surface area contributed by atoms with Crippen LogP contribution < -0.4 is 0 Å². The van der Waals surface area contributed by atoms with Crippen molar-refractivity contribution < 1.29 is 9.90 Å². The second-order valence-electron chi connectivity index (χ2n) is 4.59. The Labute approximate surface area is 86.1 Å². The molecule has 0 aromatic rings. The lowest BCUT2D eigenvalue weighted by Crippen LogP contribution is -2.42. The zero-order valence-corrected chi connectivity index (χ0v) is 9.20. The van der Waals surface area contributed by atoms with E-state index in [1.165, 1.54) is 6.42 Å². The maximum Gasteiger partial charge on any atom is 0.320 e. The Bertz CT molecular complexity index is 192. The lowest BCUT2D eigenvalue weighted by molar-refractivity contribution is -0.143. The highest BCUT2D eigenvalue weighted by Crippen LogP contribution is 2.18. The van der Waals surface area contributed by atoms with Crippen LogP contribution in [-0.2, 0) is 4.79 Å². The largest absolute Gasteiger partial charge is 0.480 e. The van der Waals surface area contributed by atoms with Gasteiger partial charge in [0.2, 0.25) is 0 Å². The number of aliphatic carboxylic acids is 1. The summed E-state index contributed by atoms with van der Waals surface area (Å²) >= 11 is 0. The standard InChI is InChI=1S/C11H21NO2/c1-9(2)8-12-7-5-3-4-6-10(12)11(13)14/h9-10H,3-8H2,1-2H3,(H,13,14). The first kappa shape index (κ1) is 11.5. The third-order valence-electron chi connectivity index (χ3n) is 2.75. The number of carbonyl (C=O) groups is 1. The number of likely N-dealkylation sites (tertiary alicyclic amines) is 1. The topological polar surface area (TPSA) is 40.5 Å². The van der Waals surface area contributed by atoms with E-state index in [9.17, 15) is 4.79 Å². The third-order valence-corrected chi connectivity index (χ3v) is 2.75. The highest BCUT2D eigenvalue weighted by atomic mass is 16.4. The first-order valence-corrected chi connectivity index (χ1v) is 5.58. The number of hydrogen-bond acceptors (Lipinski definition) is 2. The fraction of sp³-hybridized carbons (Fsp3) is 0.909. The van der Waals surface area contributed by atoms with Crippen molar-refractivity contribution in [2.24, 2.45) is 5.92 Å². The predicted octanol–water partition coefficient (Wildman–Crippen LogP) is 1.97. The van der Waals surface area contributed by atoms with Gasteiger partial charge in [0.05, 0.1) is 0 Å². The Morgan fingerprint density at radius 3 is 2.71 bits per heavy atom. The van der Waals surface area contributed by atoms with Gasteiger partial charge >= 0.3 is 5.97 Å². The van der Waals surface area contributed by atoms with Crippen LogP contribution in [0.25, 0.3) is 0 Å². The molecule has 1 heterocycles. The van der Waals surface area contributed by atoms with Crippen molar-refractivity contribution in [2.45, 2.75) is 45.6 Å². The van der Waals surface area contributed by atoms with Crippen molar-refractivity contribution >= 4 is 5.97 Å².